The Balaban J connectivity index is 2.64. The zero-order valence-electron chi connectivity index (χ0n) is 16.8. The molecule has 1 aromatic carbocycles. The molecule has 0 radical (unpaired) electrons. The highest BCUT2D eigenvalue weighted by Gasteiger charge is 2.43. The van der Waals surface area contributed by atoms with Crippen molar-refractivity contribution in [1.82, 2.24) is 9.78 Å². The Hall–Kier alpha value is -2.71. The van der Waals surface area contributed by atoms with E-state index in [0.717, 1.165) is 20.4 Å². The van der Waals surface area contributed by atoms with Gasteiger partial charge in [0.1, 0.15) is 5.56 Å². The van der Waals surface area contributed by atoms with Crippen molar-refractivity contribution < 1.29 is 27.2 Å². The molecular weight excluding hydrogens is 390 g/mol. The van der Waals surface area contributed by atoms with E-state index in [1.807, 2.05) is 20.8 Å². The summed E-state index contributed by atoms with van der Waals surface area (Å²) < 4.78 is 54.7. The Morgan fingerprint density at radius 3 is 2.28 bits per heavy atom. The maximum Gasteiger partial charge on any atom is 0.436 e. The molecule has 9 heteroatoms. The second-order valence-electron chi connectivity index (χ2n) is 7.38. The number of imide groups is 1. The molecule has 0 fully saturated rings. The van der Waals surface area contributed by atoms with Crippen molar-refractivity contribution in [2.75, 3.05) is 4.90 Å². The van der Waals surface area contributed by atoms with Crippen molar-refractivity contribution in [3.8, 4) is 0 Å². The molecule has 5 nitrogen and oxygen atoms in total. The van der Waals surface area contributed by atoms with Crippen LogP contribution in [-0.2, 0) is 18.0 Å². The van der Waals surface area contributed by atoms with Gasteiger partial charge in [0.15, 0.2) is 5.69 Å². The quantitative estimate of drug-likeness (QED) is 0.654. The predicted molar refractivity (Wildman–Crippen MR) is 100.0 cm³/mol. The van der Waals surface area contributed by atoms with E-state index < -0.39 is 35.2 Å². The van der Waals surface area contributed by atoms with E-state index in [1.165, 1.54) is 6.07 Å². The second-order valence-corrected chi connectivity index (χ2v) is 7.38. The van der Waals surface area contributed by atoms with E-state index >= 15 is 0 Å². The smallest absolute Gasteiger partial charge is 0.274 e. The van der Waals surface area contributed by atoms with E-state index in [9.17, 15) is 27.2 Å². The molecule has 1 atom stereocenters. The molecule has 2 rings (SSSR count). The fraction of sp³-hybridized carbons (Fsp3) is 0.450. The van der Waals surface area contributed by atoms with Gasteiger partial charge in [-0.25, -0.2) is 9.58 Å². The number of rotatable bonds is 5. The molecule has 2 amide bonds. The van der Waals surface area contributed by atoms with Crippen LogP contribution in [0.15, 0.2) is 24.3 Å². The van der Waals surface area contributed by atoms with Crippen LogP contribution in [0.5, 0.6) is 0 Å². The number of carbonyl (C=O) groups is 2. The lowest BCUT2D eigenvalue weighted by molar-refractivity contribution is -0.141. The maximum absolute atomic E-state index is 14.4. The molecule has 0 aliphatic carbocycles. The van der Waals surface area contributed by atoms with Crippen molar-refractivity contribution in [3.05, 3.63) is 47.0 Å². The summed E-state index contributed by atoms with van der Waals surface area (Å²) in [6.45, 7) is 6.96. The second kappa shape index (κ2) is 8.34. The summed E-state index contributed by atoms with van der Waals surface area (Å²) in [6.07, 6.45) is -4.33. The highest BCUT2D eigenvalue weighted by atomic mass is 19.4. The number of hydrogen-bond acceptors (Lipinski definition) is 3. The summed E-state index contributed by atoms with van der Waals surface area (Å²) in [4.78, 5) is 25.9. The van der Waals surface area contributed by atoms with Gasteiger partial charge in [0.25, 0.3) is 5.91 Å². The standard InChI is InChI=1S/C20H23F4N3O2/c1-11(2)10-12(3)14-8-6-7-9-15(14)27(13(4)28)19(29)16-17(20(22,23)24)25-26(5)18(16)21/h6-9,11-12H,10H2,1-5H3. The Morgan fingerprint density at radius 1 is 1.17 bits per heavy atom. The van der Waals surface area contributed by atoms with Crippen molar-refractivity contribution in [2.45, 2.75) is 46.2 Å². The van der Waals surface area contributed by atoms with Crippen LogP contribution in [0.2, 0.25) is 0 Å². The molecule has 0 aliphatic rings. The summed E-state index contributed by atoms with van der Waals surface area (Å²) in [5.74, 6) is -3.45. The number of carbonyl (C=O) groups excluding carboxylic acids is 2. The van der Waals surface area contributed by atoms with Crippen LogP contribution >= 0.6 is 0 Å². The van der Waals surface area contributed by atoms with E-state index in [4.69, 9.17) is 0 Å². The molecule has 158 valence electrons. The lowest BCUT2D eigenvalue weighted by atomic mass is 9.90. The lowest BCUT2D eigenvalue weighted by Gasteiger charge is -2.25. The number of para-hydroxylation sites is 1. The van der Waals surface area contributed by atoms with Gasteiger partial charge in [0.2, 0.25) is 11.9 Å². The number of amides is 2. The number of anilines is 1. The van der Waals surface area contributed by atoms with Gasteiger partial charge in [-0.15, -0.1) is 0 Å². The molecule has 0 N–H and O–H groups in total. The van der Waals surface area contributed by atoms with Crippen molar-refractivity contribution in [3.63, 3.8) is 0 Å². The van der Waals surface area contributed by atoms with Gasteiger partial charge in [0.05, 0.1) is 5.69 Å². The SMILES string of the molecule is CC(=O)N(C(=O)c1c(C(F)(F)F)nn(C)c1F)c1ccccc1C(C)CC(C)C. The largest absolute Gasteiger partial charge is 0.436 e. The average Bonchev–Trinajstić information content (AvgIpc) is 2.90. The average molecular weight is 413 g/mol. The highest BCUT2D eigenvalue weighted by molar-refractivity contribution is 6.21. The minimum absolute atomic E-state index is 0.0818. The third-order valence-corrected chi connectivity index (χ3v) is 4.51. The lowest BCUT2D eigenvalue weighted by Crippen LogP contribution is -2.37. The zero-order chi connectivity index (χ0) is 22.1. The number of hydrogen-bond donors (Lipinski definition) is 0. The van der Waals surface area contributed by atoms with E-state index in [0.29, 0.717) is 21.1 Å². The van der Waals surface area contributed by atoms with Gasteiger partial charge in [-0.05, 0) is 29.9 Å². The van der Waals surface area contributed by atoms with Crippen LogP contribution in [0.1, 0.15) is 61.6 Å². The molecule has 1 aromatic heterocycles. The van der Waals surface area contributed by atoms with Crippen LogP contribution in [0.4, 0.5) is 23.2 Å². The van der Waals surface area contributed by atoms with E-state index in [1.54, 1.807) is 18.2 Å². The molecule has 0 spiro atoms. The third kappa shape index (κ3) is 4.65. The molecular formula is C20H23F4N3O2. The molecule has 0 aliphatic heterocycles. The summed E-state index contributed by atoms with van der Waals surface area (Å²) in [5, 5.41) is 3.09. The summed E-state index contributed by atoms with van der Waals surface area (Å²) in [7, 11) is 0.956. The first-order chi connectivity index (χ1) is 13.4. The zero-order valence-corrected chi connectivity index (χ0v) is 16.8. The van der Waals surface area contributed by atoms with Crippen molar-refractivity contribution in [2.24, 2.45) is 13.0 Å². The molecule has 2 aromatic rings. The molecule has 0 saturated heterocycles. The predicted octanol–water partition coefficient (Wildman–Crippen LogP) is 4.92. The van der Waals surface area contributed by atoms with Gasteiger partial charge in [-0.3, -0.25) is 9.59 Å². The van der Waals surface area contributed by atoms with Crippen molar-refractivity contribution in [1.29, 1.82) is 0 Å². The number of nitrogens with zero attached hydrogens (tertiary/aromatic N) is 3. The van der Waals surface area contributed by atoms with E-state index in [2.05, 4.69) is 5.10 Å². The minimum atomic E-state index is -5.06. The number of halogens is 4. The molecule has 1 unspecified atom stereocenters. The van der Waals surface area contributed by atoms with Gasteiger partial charge in [0, 0.05) is 14.0 Å². The first-order valence-corrected chi connectivity index (χ1v) is 9.09. The minimum Gasteiger partial charge on any atom is -0.274 e. The van der Waals surface area contributed by atoms with Crippen LogP contribution in [0.3, 0.4) is 0 Å². The van der Waals surface area contributed by atoms with Crippen molar-refractivity contribution >= 4 is 17.5 Å². The first-order valence-electron chi connectivity index (χ1n) is 9.09. The topological polar surface area (TPSA) is 55.2 Å². The molecule has 0 saturated carbocycles. The fourth-order valence-electron chi connectivity index (χ4n) is 3.37. The first kappa shape index (κ1) is 22.6. The maximum atomic E-state index is 14.4. The van der Waals surface area contributed by atoms with E-state index in [-0.39, 0.29) is 11.6 Å². The number of aryl methyl sites for hydroxylation is 1. The van der Waals surface area contributed by atoms with Gasteiger partial charge in [-0.1, -0.05) is 39.0 Å². The number of aromatic nitrogens is 2. The van der Waals surface area contributed by atoms with Gasteiger partial charge in [-0.2, -0.15) is 22.7 Å². The summed E-state index contributed by atoms with van der Waals surface area (Å²) >= 11 is 0. The fourth-order valence-corrected chi connectivity index (χ4v) is 3.37. The Morgan fingerprint density at radius 2 is 1.76 bits per heavy atom. The Bertz CT molecular complexity index is 919. The van der Waals surface area contributed by atoms with Crippen LogP contribution in [0.25, 0.3) is 0 Å². The third-order valence-electron chi connectivity index (χ3n) is 4.51. The Labute approximate surface area is 166 Å². The molecule has 29 heavy (non-hydrogen) atoms. The molecule has 1 heterocycles. The summed E-state index contributed by atoms with van der Waals surface area (Å²) in [6, 6.07) is 6.45. The van der Waals surface area contributed by atoms with Gasteiger partial charge < -0.3 is 0 Å². The summed E-state index contributed by atoms with van der Waals surface area (Å²) in [5.41, 5.74) is -2.19. The monoisotopic (exact) mass is 413 g/mol. The van der Waals surface area contributed by atoms with Crippen LogP contribution < -0.4 is 4.90 Å². The Kier molecular flexibility index (Phi) is 6.50. The van der Waals surface area contributed by atoms with Crippen LogP contribution in [0, 0.1) is 11.9 Å². The van der Waals surface area contributed by atoms with Crippen LogP contribution in [-0.4, -0.2) is 21.6 Å². The number of benzene rings is 1. The highest BCUT2D eigenvalue weighted by Crippen LogP contribution is 2.36. The number of alkyl halides is 3. The normalized spacial score (nSPS) is 12.9. The van der Waals surface area contributed by atoms with Gasteiger partial charge >= 0.3 is 6.18 Å². The molecule has 0 bridgehead atoms.